The number of amides is 4. The van der Waals surface area contributed by atoms with Gasteiger partial charge in [0.05, 0.1) is 18.7 Å². The van der Waals surface area contributed by atoms with Crippen molar-refractivity contribution in [2.45, 2.75) is 91.5 Å². The van der Waals surface area contributed by atoms with Gasteiger partial charge in [-0.15, -0.1) is 0 Å². The van der Waals surface area contributed by atoms with Crippen molar-refractivity contribution >= 4 is 17.8 Å². The molecule has 38 heavy (non-hydrogen) atoms. The molecule has 0 heterocycles. The van der Waals surface area contributed by atoms with Gasteiger partial charge in [-0.05, 0) is 72.9 Å². The molecule has 0 saturated carbocycles. The van der Waals surface area contributed by atoms with E-state index in [1.165, 1.54) is 4.90 Å². The number of aliphatic hydroxyl groups is 1. The van der Waals surface area contributed by atoms with E-state index in [1.807, 2.05) is 71.9 Å². The molecule has 0 aliphatic carbocycles. The summed E-state index contributed by atoms with van der Waals surface area (Å²) in [4.78, 5) is 41.9. The summed E-state index contributed by atoms with van der Waals surface area (Å²) >= 11 is 0. The summed E-state index contributed by atoms with van der Waals surface area (Å²) in [5.41, 5.74) is -0.0214. The third-order valence-electron chi connectivity index (χ3n) is 6.02. The summed E-state index contributed by atoms with van der Waals surface area (Å²) in [5.74, 6) is -0.121. The van der Waals surface area contributed by atoms with Crippen LogP contribution in [-0.4, -0.2) is 83.2 Å². The summed E-state index contributed by atoms with van der Waals surface area (Å²) in [7, 11) is 1.69. The third kappa shape index (κ3) is 12.3. The minimum absolute atomic E-state index is 0.0132. The Labute approximate surface area is 229 Å². The number of hydrogen-bond donors (Lipinski definition) is 4. The fourth-order valence-electron chi connectivity index (χ4n) is 4.03. The number of carbonyl (C=O) groups is 3. The average molecular weight is 534 g/mol. The molecule has 4 N–H and O–H groups in total. The van der Waals surface area contributed by atoms with Crippen LogP contribution in [0.2, 0.25) is 0 Å². The van der Waals surface area contributed by atoms with Gasteiger partial charge in [0.1, 0.15) is 6.54 Å². The van der Waals surface area contributed by atoms with E-state index in [0.717, 1.165) is 12.0 Å². The molecule has 0 bridgehead atoms. The highest BCUT2D eigenvalue weighted by molar-refractivity contribution is 5.86. The smallest absolute Gasteiger partial charge is 0.318 e. The fraction of sp³-hybridized carbons (Fsp3) is 0.690. The Morgan fingerprint density at radius 1 is 1.00 bits per heavy atom. The molecular formula is C29H51N5O4. The molecule has 9 heteroatoms. The average Bonchev–Trinajstić information content (AvgIpc) is 2.79. The van der Waals surface area contributed by atoms with Crippen molar-refractivity contribution in [3.05, 3.63) is 35.9 Å². The molecule has 0 radical (unpaired) electrons. The topological polar surface area (TPSA) is 114 Å². The van der Waals surface area contributed by atoms with E-state index in [-0.39, 0.29) is 49.9 Å². The van der Waals surface area contributed by atoms with E-state index in [1.54, 1.807) is 11.9 Å². The first-order chi connectivity index (χ1) is 17.5. The Balaban J connectivity index is 3.04. The van der Waals surface area contributed by atoms with Crippen molar-refractivity contribution < 1.29 is 19.5 Å². The summed E-state index contributed by atoms with van der Waals surface area (Å²) in [6.45, 7) is 16.3. The molecule has 0 saturated heterocycles. The second-order valence-electron chi connectivity index (χ2n) is 12.4. The largest absolute Gasteiger partial charge is 0.391 e. The molecule has 0 aromatic heterocycles. The standard InChI is InChI=1S/C29H51N5O4/c1-21(2)15-16-33(27(38)32-28(3,4)5)24(22-13-11-10-12-14-22)17-23(35)18-31-25(36)20-34(29(6,7)8)26(37)19-30-9/h10-14,21,23-24,30,35H,15-20H2,1-9H3,(H,31,36)(H,32,38). The van der Waals surface area contributed by atoms with E-state index < -0.39 is 17.2 Å². The van der Waals surface area contributed by atoms with E-state index in [2.05, 4.69) is 29.8 Å². The third-order valence-corrected chi connectivity index (χ3v) is 6.02. The van der Waals surface area contributed by atoms with Crippen LogP contribution < -0.4 is 16.0 Å². The molecule has 1 aromatic carbocycles. The molecule has 4 amide bonds. The predicted octanol–water partition coefficient (Wildman–Crippen LogP) is 3.30. The number of benzene rings is 1. The van der Waals surface area contributed by atoms with Crippen molar-refractivity contribution in [1.82, 2.24) is 25.8 Å². The lowest BCUT2D eigenvalue weighted by atomic mass is 9.97. The van der Waals surface area contributed by atoms with Gasteiger partial charge in [0.15, 0.2) is 0 Å². The Morgan fingerprint density at radius 2 is 1.61 bits per heavy atom. The Kier molecular flexibility index (Phi) is 13.2. The van der Waals surface area contributed by atoms with Crippen LogP contribution in [0.15, 0.2) is 30.3 Å². The molecular weight excluding hydrogens is 482 g/mol. The Bertz CT molecular complexity index is 877. The number of likely N-dealkylation sites (N-methyl/N-ethyl adjacent to an activating group) is 1. The predicted molar refractivity (Wildman–Crippen MR) is 153 cm³/mol. The van der Waals surface area contributed by atoms with Gasteiger partial charge >= 0.3 is 6.03 Å². The van der Waals surface area contributed by atoms with Gasteiger partial charge in [0.2, 0.25) is 11.8 Å². The van der Waals surface area contributed by atoms with Gasteiger partial charge in [0, 0.05) is 24.2 Å². The molecule has 2 unspecified atom stereocenters. The number of nitrogens with zero attached hydrogens (tertiary/aromatic N) is 2. The van der Waals surface area contributed by atoms with Crippen LogP contribution in [0.3, 0.4) is 0 Å². The molecule has 9 nitrogen and oxygen atoms in total. The number of nitrogens with one attached hydrogen (secondary N) is 3. The number of urea groups is 1. The van der Waals surface area contributed by atoms with Gasteiger partial charge in [-0.3, -0.25) is 9.59 Å². The van der Waals surface area contributed by atoms with E-state index >= 15 is 0 Å². The lowest BCUT2D eigenvalue weighted by Crippen LogP contribution is -2.53. The highest BCUT2D eigenvalue weighted by atomic mass is 16.3. The van der Waals surface area contributed by atoms with Crippen LogP contribution in [0.25, 0.3) is 0 Å². The summed E-state index contributed by atoms with van der Waals surface area (Å²) in [6.07, 6.45) is 0.169. The Morgan fingerprint density at radius 3 is 2.11 bits per heavy atom. The summed E-state index contributed by atoms with van der Waals surface area (Å²) < 4.78 is 0. The van der Waals surface area contributed by atoms with Crippen LogP contribution in [0.5, 0.6) is 0 Å². The van der Waals surface area contributed by atoms with Crippen LogP contribution in [0, 0.1) is 5.92 Å². The molecule has 0 aliphatic heterocycles. The van der Waals surface area contributed by atoms with Gasteiger partial charge in [-0.2, -0.15) is 0 Å². The zero-order valence-corrected chi connectivity index (χ0v) is 24.9. The first-order valence-electron chi connectivity index (χ1n) is 13.6. The van der Waals surface area contributed by atoms with E-state index in [4.69, 9.17) is 0 Å². The second-order valence-corrected chi connectivity index (χ2v) is 12.4. The lowest BCUT2D eigenvalue weighted by Gasteiger charge is -2.36. The van der Waals surface area contributed by atoms with Gasteiger partial charge in [-0.1, -0.05) is 44.2 Å². The van der Waals surface area contributed by atoms with Crippen molar-refractivity contribution in [2.24, 2.45) is 5.92 Å². The number of carbonyl (C=O) groups excluding carboxylic acids is 3. The van der Waals surface area contributed by atoms with Crippen molar-refractivity contribution in [2.75, 3.05) is 33.2 Å². The summed E-state index contributed by atoms with van der Waals surface area (Å²) in [6, 6.07) is 9.10. The molecule has 1 aromatic rings. The lowest BCUT2D eigenvalue weighted by molar-refractivity contribution is -0.140. The van der Waals surface area contributed by atoms with E-state index in [9.17, 15) is 19.5 Å². The fourth-order valence-corrected chi connectivity index (χ4v) is 4.03. The van der Waals surface area contributed by atoms with Crippen LogP contribution in [0.4, 0.5) is 4.79 Å². The minimum Gasteiger partial charge on any atom is -0.391 e. The van der Waals surface area contributed by atoms with E-state index in [0.29, 0.717) is 12.5 Å². The number of hydrogen-bond acceptors (Lipinski definition) is 5. The quantitative estimate of drug-likeness (QED) is 0.311. The number of rotatable bonds is 13. The zero-order chi connectivity index (χ0) is 29.1. The van der Waals surface area contributed by atoms with Crippen molar-refractivity contribution in [3.8, 4) is 0 Å². The zero-order valence-electron chi connectivity index (χ0n) is 24.9. The van der Waals surface area contributed by atoms with Crippen LogP contribution in [-0.2, 0) is 9.59 Å². The highest BCUT2D eigenvalue weighted by Crippen LogP contribution is 2.27. The molecule has 1 rings (SSSR count). The van der Waals surface area contributed by atoms with Crippen LogP contribution >= 0.6 is 0 Å². The maximum atomic E-state index is 13.4. The SMILES string of the molecule is CNCC(=O)N(CC(=O)NCC(O)CC(c1ccccc1)N(CCC(C)C)C(=O)NC(C)(C)C)C(C)(C)C. The minimum atomic E-state index is -0.899. The maximum absolute atomic E-state index is 13.4. The van der Waals surface area contributed by atoms with Gasteiger partial charge in [0.25, 0.3) is 0 Å². The van der Waals surface area contributed by atoms with Crippen molar-refractivity contribution in [1.29, 1.82) is 0 Å². The molecule has 2 atom stereocenters. The molecule has 0 aliphatic rings. The number of aliphatic hydroxyl groups excluding tert-OH is 1. The molecule has 0 fully saturated rings. The molecule has 216 valence electrons. The van der Waals surface area contributed by atoms with Gasteiger partial charge in [-0.25, -0.2) is 4.79 Å². The molecule has 0 spiro atoms. The monoisotopic (exact) mass is 533 g/mol. The normalized spacial score (nSPS) is 13.6. The van der Waals surface area contributed by atoms with Crippen molar-refractivity contribution in [3.63, 3.8) is 0 Å². The first-order valence-corrected chi connectivity index (χ1v) is 13.6. The first kappa shape index (κ1) is 33.4. The Hall–Kier alpha value is -2.65. The highest BCUT2D eigenvalue weighted by Gasteiger charge is 2.31. The maximum Gasteiger partial charge on any atom is 0.318 e. The second kappa shape index (κ2) is 15.1. The van der Waals surface area contributed by atoms with Crippen LogP contribution in [0.1, 0.15) is 79.8 Å². The summed E-state index contributed by atoms with van der Waals surface area (Å²) in [5, 5.41) is 19.7. The van der Waals surface area contributed by atoms with Gasteiger partial charge < -0.3 is 30.9 Å².